The highest BCUT2D eigenvalue weighted by molar-refractivity contribution is 7.88. The summed E-state index contributed by atoms with van der Waals surface area (Å²) in [5.74, 6) is -0.905. The summed E-state index contributed by atoms with van der Waals surface area (Å²) < 4.78 is 29.0. The molecule has 1 aliphatic rings. The van der Waals surface area contributed by atoms with Crippen LogP contribution in [-0.2, 0) is 24.3 Å². The van der Waals surface area contributed by atoms with E-state index in [9.17, 15) is 18.0 Å². The molecule has 0 unspecified atom stereocenters. The summed E-state index contributed by atoms with van der Waals surface area (Å²) in [6, 6.07) is 0. The van der Waals surface area contributed by atoms with Gasteiger partial charge in [-0.3, -0.25) is 9.59 Å². The molecule has 0 aromatic carbocycles. The number of hydrogen-bond acceptors (Lipinski definition) is 5. The number of piperidine rings is 1. The Bertz CT molecular complexity index is 449. The molecule has 1 rings (SSSR count). The van der Waals surface area contributed by atoms with Gasteiger partial charge >= 0.3 is 5.97 Å². The zero-order valence-electron chi connectivity index (χ0n) is 11.9. The summed E-state index contributed by atoms with van der Waals surface area (Å²) in [6.45, 7) is 2.93. The van der Waals surface area contributed by atoms with Crippen LogP contribution in [0, 0.1) is 5.92 Å². The van der Waals surface area contributed by atoms with Crippen molar-refractivity contribution in [3.8, 4) is 0 Å². The number of esters is 1. The Kier molecular flexibility index (Phi) is 6.41. The van der Waals surface area contributed by atoms with Gasteiger partial charge in [0.15, 0.2) is 0 Å². The van der Waals surface area contributed by atoms with Crippen LogP contribution in [0.1, 0.15) is 26.2 Å². The molecule has 0 saturated carbocycles. The average molecular weight is 306 g/mol. The molecule has 1 atom stereocenters. The van der Waals surface area contributed by atoms with E-state index in [0.717, 1.165) is 6.26 Å². The van der Waals surface area contributed by atoms with Crippen molar-refractivity contribution in [2.24, 2.45) is 5.92 Å². The lowest BCUT2D eigenvalue weighted by Crippen LogP contribution is -2.45. The van der Waals surface area contributed by atoms with Crippen molar-refractivity contribution in [3.05, 3.63) is 0 Å². The standard InChI is InChI=1S/C12H22N2O5S/c1-3-19-11(15)6-7-13-12(16)10-5-4-8-14(9-10)20(2,17)18/h10H,3-9H2,1-2H3,(H,13,16)/t10-/m0/s1. The van der Waals surface area contributed by atoms with Gasteiger partial charge in [0.2, 0.25) is 15.9 Å². The molecule has 1 saturated heterocycles. The van der Waals surface area contributed by atoms with E-state index >= 15 is 0 Å². The van der Waals surface area contributed by atoms with Crippen molar-refractivity contribution in [2.75, 3.05) is 32.5 Å². The Hall–Kier alpha value is -1.15. The van der Waals surface area contributed by atoms with Crippen molar-refractivity contribution in [3.63, 3.8) is 0 Å². The van der Waals surface area contributed by atoms with Gasteiger partial charge in [0.25, 0.3) is 0 Å². The fourth-order valence-corrected chi connectivity index (χ4v) is 3.03. The molecule has 20 heavy (non-hydrogen) atoms. The Morgan fingerprint density at radius 2 is 2.10 bits per heavy atom. The monoisotopic (exact) mass is 306 g/mol. The fourth-order valence-electron chi connectivity index (χ4n) is 2.12. The summed E-state index contributed by atoms with van der Waals surface area (Å²) in [6.07, 6.45) is 2.61. The zero-order chi connectivity index (χ0) is 15.2. The zero-order valence-corrected chi connectivity index (χ0v) is 12.7. The Balaban J connectivity index is 2.38. The minimum absolute atomic E-state index is 0.127. The number of amides is 1. The average Bonchev–Trinajstić information content (AvgIpc) is 2.38. The molecule has 0 aliphatic carbocycles. The second kappa shape index (κ2) is 7.58. The molecular formula is C12H22N2O5S. The number of nitrogens with one attached hydrogen (secondary N) is 1. The van der Waals surface area contributed by atoms with Crippen molar-refractivity contribution in [1.82, 2.24) is 9.62 Å². The van der Waals surface area contributed by atoms with Gasteiger partial charge in [-0.05, 0) is 19.8 Å². The SMILES string of the molecule is CCOC(=O)CCNC(=O)[C@H]1CCCN(S(C)(=O)=O)C1. The molecule has 1 amide bonds. The van der Waals surface area contributed by atoms with Crippen molar-refractivity contribution in [2.45, 2.75) is 26.2 Å². The summed E-state index contributed by atoms with van der Waals surface area (Å²) in [5.41, 5.74) is 0. The number of sulfonamides is 1. The number of nitrogens with zero attached hydrogens (tertiary/aromatic N) is 1. The van der Waals surface area contributed by atoms with Crippen molar-refractivity contribution < 1.29 is 22.7 Å². The number of carbonyl (C=O) groups excluding carboxylic acids is 2. The topological polar surface area (TPSA) is 92.8 Å². The molecule has 1 aliphatic heterocycles. The van der Waals surface area contributed by atoms with Gasteiger partial charge in [0.05, 0.1) is 25.2 Å². The molecule has 1 fully saturated rings. The molecule has 116 valence electrons. The number of carbonyl (C=O) groups is 2. The highest BCUT2D eigenvalue weighted by atomic mass is 32.2. The maximum absolute atomic E-state index is 11.9. The second-order valence-electron chi connectivity index (χ2n) is 4.81. The van der Waals surface area contributed by atoms with Crippen molar-refractivity contribution in [1.29, 1.82) is 0 Å². The maximum Gasteiger partial charge on any atom is 0.307 e. The van der Waals surface area contributed by atoms with Crippen LogP contribution in [0.3, 0.4) is 0 Å². The highest BCUT2D eigenvalue weighted by Gasteiger charge is 2.29. The Morgan fingerprint density at radius 3 is 2.70 bits per heavy atom. The molecule has 0 aromatic heterocycles. The van der Waals surface area contributed by atoms with Gasteiger partial charge in [0, 0.05) is 19.6 Å². The van der Waals surface area contributed by atoms with Crippen LogP contribution >= 0.6 is 0 Å². The summed E-state index contributed by atoms with van der Waals surface area (Å²) >= 11 is 0. The molecule has 1 heterocycles. The maximum atomic E-state index is 11.9. The van der Waals surface area contributed by atoms with E-state index in [0.29, 0.717) is 26.0 Å². The Labute approximate surface area is 119 Å². The van der Waals surface area contributed by atoms with Gasteiger partial charge in [-0.25, -0.2) is 12.7 Å². The van der Waals surface area contributed by atoms with Gasteiger partial charge in [-0.1, -0.05) is 0 Å². The van der Waals surface area contributed by atoms with E-state index in [4.69, 9.17) is 4.74 Å². The van der Waals surface area contributed by atoms with Crippen LogP contribution in [-0.4, -0.2) is 57.1 Å². The first-order chi connectivity index (χ1) is 9.34. The first-order valence-corrected chi connectivity index (χ1v) is 8.58. The van der Waals surface area contributed by atoms with Crippen LogP contribution in [0.4, 0.5) is 0 Å². The summed E-state index contributed by atoms with van der Waals surface area (Å²) in [7, 11) is -3.25. The van der Waals surface area contributed by atoms with E-state index in [2.05, 4.69) is 5.32 Å². The Morgan fingerprint density at radius 1 is 1.40 bits per heavy atom. The summed E-state index contributed by atoms with van der Waals surface area (Å²) in [5, 5.41) is 2.65. The van der Waals surface area contributed by atoms with Crippen LogP contribution in [0.25, 0.3) is 0 Å². The fraction of sp³-hybridized carbons (Fsp3) is 0.833. The number of rotatable bonds is 6. The second-order valence-corrected chi connectivity index (χ2v) is 6.79. The normalized spacial score (nSPS) is 20.4. The highest BCUT2D eigenvalue weighted by Crippen LogP contribution is 2.18. The van der Waals surface area contributed by atoms with E-state index in [1.54, 1.807) is 6.92 Å². The largest absolute Gasteiger partial charge is 0.466 e. The molecule has 0 spiro atoms. The third-order valence-corrected chi connectivity index (χ3v) is 4.43. The minimum Gasteiger partial charge on any atom is -0.466 e. The van der Waals surface area contributed by atoms with Crippen molar-refractivity contribution >= 4 is 21.9 Å². The minimum atomic E-state index is -3.25. The first-order valence-electron chi connectivity index (χ1n) is 6.73. The van der Waals surface area contributed by atoms with E-state index in [1.165, 1.54) is 4.31 Å². The predicted octanol–water partition coefficient (Wildman–Crippen LogP) is -0.273. The van der Waals surface area contributed by atoms with Gasteiger partial charge < -0.3 is 10.1 Å². The van der Waals surface area contributed by atoms with Gasteiger partial charge in [-0.2, -0.15) is 0 Å². The van der Waals surface area contributed by atoms with Gasteiger partial charge in [0.1, 0.15) is 0 Å². The molecule has 1 N–H and O–H groups in total. The quantitative estimate of drug-likeness (QED) is 0.682. The molecule has 0 aromatic rings. The lowest BCUT2D eigenvalue weighted by molar-refractivity contribution is -0.143. The third kappa shape index (κ3) is 5.46. The van der Waals surface area contributed by atoms with E-state index in [1.807, 2.05) is 0 Å². The summed E-state index contributed by atoms with van der Waals surface area (Å²) in [4.78, 5) is 23.0. The third-order valence-electron chi connectivity index (χ3n) is 3.16. The number of hydrogen-bond donors (Lipinski definition) is 1. The molecule has 7 nitrogen and oxygen atoms in total. The molecule has 8 heteroatoms. The van der Waals surface area contributed by atoms with Gasteiger partial charge in [-0.15, -0.1) is 0 Å². The molecular weight excluding hydrogens is 284 g/mol. The van der Waals surface area contributed by atoms with Crippen LogP contribution in [0.5, 0.6) is 0 Å². The first kappa shape index (κ1) is 16.9. The predicted molar refractivity (Wildman–Crippen MR) is 73.4 cm³/mol. The van der Waals surface area contributed by atoms with Crippen LogP contribution in [0.15, 0.2) is 0 Å². The van der Waals surface area contributed by atoms with E-state index < -0.39 is 10.0 Å². The lowest BCUT2D eigenvalue weighted by Gasteiger charge is -2.30. The lowest BCUT2D eigenvalue weighted by atomic mass is 9.99. The van der Waals surface area contributed by atoms with Crippen LogP contribution in [0.2, 0.25) is 0 Å². The van der Waals surface area contributed by atoms with E-state index in [-0.39, 0.29) is 37.3 Å². The molecule has 0 bridgehead atoms. The van der Waals surface area contributed by atoms with Crippen LogP contribution < -0.4 is 5.32 Å². The molecule has 0 radical (unpaired) electrons. The smallest absolute Gasteiger partial charge is 0.307 e. The number of ether oxygens (including phenoxy) is 1.